The molecule has 3 rings (SSSR count). The van der Waals surface area contributed by atoms with Crippen LogP contribution >= 0.6 is 0 Å². The molecule has 0 fully saturated rings. The molecule has 82 valence electrons. The molecule has 1 aliphatic carbocycles. The largest absolute Gasteiger partial charge is 0.299 e. The number of aryl methyl sites for hydroxylation is 1. The Bertz CT molecular complexity index is 564. The lowest BCUT2D eigenvalue weighted by Crippen LogP contribution is -2.14. The number of benzene rings is 2. The van der Waals surface area contributed by atoms with Crippen molar-refractivity contribution in [3.63, 3.8) is 0 Å². The first-order valence-electron chi connectivity index (χ1n) is 5.39. The molecule has 0 aliphatic heterocycles. The van der Waals surface area contributed by atoms with Crippen LogP contribution in [0.15, 0.2) is 36.4 Å². The van der Waals surface area contributed by atoms with Crippen LogP contribution < -0.4 is 5.46 Å². The van der Waals surface area contributed by atoms with Crippen molar-refractivity contribution in [2.45, 2.75) is 12.8 Å². The SMILES string of the molecule is [B]c1ccc2c(c1)C(F)(F)c1cc(C)ccc1-2. The van der Waals surface area contributed by atoms with Gasteiger partial charge in [-0.25, -0.2) is 0 Å². The first kappa shape index (κ1) is 10.5. The van der Waals surface area contributed by atoms with E-state index in [2.05, 4.69) is 0 Å². The molecular weight excluding hydrogens is 217 g/mol. The minimum Gasteiger partial charge on any atom is -0.196 e. The molecule has 2 aromatic rings. The maximum atomic E-state index is 14.2. The molecule has 0 atom stereocenters. The first-order valence-corrected chi connectivity index (χ1v) is 5.39. The van der Waals surface area contributed by atoms with Gasteiger partial charge >= 0.3 is 0 Å². The van der Waals surface area contributed by atoms with Crippen LogP contribution in [0.3, 0.4) is 0 Å². The fourth-order valence-corrected chi connectivity index (χ4v) is 2.35. The lowest BCUT2D eigenvalue weighted by molar-refractivity contribution is 0.0480. The Morgan fingerprint density at radius 2 is 1.53 bits per heavy atom. The monoisotopic (exact) mass is 226 g/mol. The average molecular weight is 226 g/mol. The second-order valence-electron chi connectivity index (χ2n) is 4.43. The molecule has 2 radical (unpaired) electrons. The van der Waals surface area contributed by atoms with E-state index >= 15 is 0 Å². The highest BCUT2D eigenvalue weighted by atomic mass is 19.3. The van der Waals surface area contributed by atoms with Gasteiger partial charge in [0.2, 0.25) is 0 Å². The van der Waals surface area contributed by atoms with Gasteiger partial charge in [0.25, 0.3) is 5.92 Å². The Balaban J connectivity index is 2.37. The van der Waals surface area contributed by atoms with Gasteiger partial charge in [-0.05, 0) is 24.1 Å². The van der Waals surface area contributed by atoms with Crippen molar-refractivity contribution in [3.8, 4) is 11.1 Å². The Kier molecular flexibility index (Phi) is 1.97. The zero-order valence-corrected chi connectivity index (χ0v) is 9.30. The fraction of sp³-hybridized carbons (Fsp3) is 0.143. The zero-order chi connectivity index (χ0) is 12.2. The van der Waals surface area contributed by atoms with E-state index in [1.807, 2.05) is 13.0 Å². The highest BCUT2D eigenvalue weighted by Gasteiger charge is 2.44. The summed E-state index contributed by atoms with van der Waals surface area (Å²) in [5, 5.41) is 0. The van der Waals surface area contributed by atoms with E-state index in [0.717, 1.165) is 5.56 Å². The van der Waals surface area contributed by atoms with E-state index in [1.165, 1.54) is 6.07 Å². The Morgan fingerprint density at radius 3 is 2.24 bits per heavy atom. The van der Waals surface area contributed by atoms with Crippen molar-refractivity contribution in [2.24, 2.45) is 0 Å². The normalized spacial score (nSPS) is 15.5. The van der Waals surface area contributed by atoms with Crippen LogP contribution in [-0.4, -0.2) is 7.85 Å². The van der Waals surface area contributed by atoms with Crippen LogP contribution in [0, 0.1) is 6.92 Å². The number of alkyl halides is 2. The molecule has 0 nitrogen and oxygen atoms in total. The molecule has 0 spiro atoms. The van der Waals surface area contributed by atoms with Crippen molar-refractivity contribution in [3.05, 3.63) is 53.1 Å². The molecule has 0 bridgehead atoms. The molecular formula is C14H9BF2. The molecule has 0 unspecified atom stereocenters. The molecule has 2 aromatic carbocycles. The van der Waals surface area contributed by atoms with Gasteiger partial charge in [0.1, 0.15) is 7.85 Å². The van der Waals surface area contributed by atoms with E-state index in [0.29, 0.717) is 16.6 Å². The van der Waals surface area contributed by atoms with Gasteiger partial charge in [0, 0.05) is 11.1 Å². The summed E-state index contributed by atoms with van der Waals surface area (Å²) in [6, 6.07) is 9.83. The molecule has 0 aromatic heterocycles. The molecule has 0 saturated heterocycles. The number of hydrogen-bond donors (Lipinski definition) is 0. The lowest BCUT2D eigenvalue weighted by Gasteiger charge is -2.12. The van der Waals surface area contributed by atoms with Crippen molar-refractivity contribution in [2.75, 3.05) is 0 Å². The zero-order valence-electron chi connectivity index (χ0n) is 9.30. The molecule has 0 heterocycles. The summed E-state index contributed by atoms with van der Waals surface area (Å²) < 4.78 is 28.5. The highest BCUT2D eigenvalue weighted by molar-refractivity contribution is 6.32. The third kappa shape index (κ3) is 1.35. The number of halogens is 2. The minimum atomic E-state index is -2.94. The summed E-state index contributed by atoms with van der Waals surface area (Å²) in [4.78, 5) is 0. The van der Waals surface area contributed by atoms with E-state index < -0.39 is 5.92 Å². The van der Waals surface area contributed by atoms with Crippen molar-refractivity contribution >= 4 is 13.3 Å². The van der Waals surface area contributed by atoms with Gasteiger partial charge < -0.3 is 0 Å². The second kappa shape index (κ2) is 3.19. The van der Waals surface area contributed by atoms with Gasteiger partial charge in [-0.3, -0.25) is 0 Å². The van der Waals surface area contributed by atoms with E-state index in [4.69, 9.17) is 7.85 Å². The molecule has 1 aliphatic rings. The molecule has 17 heavy (non-hydrogen) atoms. The molecule has 0 amide bonds. The maximum Gasteiger partial charge on any atom is 0.299 e. The number of rotatable bonds is 0. The van der Waals surface area contributed by atoms with Crippen LogP contribution in [0.25, 0.3) is 11.1 Å². The van der Waals surface area contributed by atoms with Crippen molar-refractivity contribution in [1.82, 2.24) is 0 Å². The van der Waals surface area contributed by atoms with Gasteiger partial charge in [-0.2, -0.15) is 8.78 Å². The fourth-order valence-electron chi connectivity index (χ4n) is 2.35. The Hall–Kier alpha value is -1.64. The van der Waals surface area contributed by atoms with Crippen molar-refractivity contribution < 1.29 is 8.78 Å². The van der Waals surface area contributed by atoms with Crippen LogP contribution in [0.1, 0.15) is 16.7 Å². The van der Waals surface area contributed by atoms with Gasteiger partial charge in [-0.15, -0.1) is 0 Å². The van der Waals surface area contributed by atoms with E-state index in [1.54, 1.807) is 24.3 Å². The van der Waals surface area contributed by atoms with Crippen molar-refractivity contribution in [1.29, 1.82) is 0 Å². The smallest absolute Gasteiger partial charge is 0.196 e. The van der Waals surface area contributed by atoms with Gasteiger partial charge in [0.05, 0.1) is 0 Å². The average Bonchev–Trinajstić information content (AvgIpc) is 2.49. The summed E-state index contributed by atoms with van der Waals surface area (Å²) in [6.07, 6.45) is 0. The topological polar surface area (TPSA) is 0 Å². The third-order valence-corrected chi connectivity index (χ3v) is 3.19. The summed E-state index contributed by atoms with van der Waals surface area (Å²) in [7, 11) is 5.58. The summed E-state index contributed by atoms with van der Waals surface area (Å²) in [5.41, 5.74) is 2.49. The number of hydrogen-bond acceptors (Lipinski definition) is 0. The van der Waals surface area contributed by atoms with E-state index in [9.17, 15) is 8.78 Å². The summed E-state index contributed by atoms with van der Waals surface area (Å²) >= 11 is 0. The van der Waals surface area contributed by atoms with Crippen LogP contribution in [0.4, 0.5) is 8.78 Å². The summed E-state index contributed by atoms with van der Waals surface area (Å²) in [6.45, 7) is 1.81. The second-order valence-corrected chi connectivity index (χ2v) is 4.43. The maximum absolute atomic E-state index is 14.2. The molecule has 3 heteroatoms. The Morgan fingerprint density at radius 1 is 0.941 bits per heavy atom. The predicted octanol–water partition coefficient (Wildman–Crippen LogP) is 2.91. The van der Waals surface area contributed by atoms with Crippen LogP contribution in [0.5, 0.6) is 0 Å². The lowest BCUT2D eigenvalue weighted by atomic mass is 9.91. The minimum absolute atomic E-state index is 0.0121. The quantitative estimate of drug-likeness (QED) is 0.606. The van der Waals surface area contributed by atoms with Gasteiger partial charge in [-0.1, -0.05) is 41.4 Å². The Labute approximate surface area is 99.7 Å². The van der Waals surface area contributed by atoms with E-state index in [-0.39, 0.29) is 11.1 Å². The molecule has 0 saturated carbocycles. The highest BCUT2D eigenvalue weighted by Crippen LogP contribution is 2.50. The summed E-state index contributed by atoms with van der Waals surface area (Å²) in [5.74, 6) is -2.94. The third-order valence-electron chi connectivity index (χ3n) is 3.19. The van der Waals surface area contributed by atoms with Gasteiger partial charge in [0.15, 0.2) is 0 Å². The predicted molar refractivity (Wildman–Crippen MR) is 65.0 cm³/mol. The van der Waals surface area contributed by atoms with Crippen LogP contribution in [-0.2, 0) is 5.92 Å². The molecule has 0 N–H and O–H groups in total. The first-order chi connectivity index (χ1) is 8.00. The standard InChI is InChI=1S/C14H9BF2/c1-8-2-4-10-11-5-3-9(15)7-13(11)14(16,17)12(10)6-8/h2-7H,1H3. The van der Waals surface area contributed by atoms with Crippen LogP contribution in [0.2, 0.25) is 0 Å². The number of fused-ring (bicyclic) bond motifs is 3.